The van der Waals surface area contributed by atoms with Crippen molar-refractivity contribution in [2.24, 2.45) is 5.10 Å². The molecule has 0 atom stereocenters. The second-order valence-corrected chi connectivity index (χ2v) is 10.8. The molecule has 4 aromatic rings. The van der Waals surface area contributed by atoms with Crippen LogP contribution in [0.5, 0.6) is 0 Å². The highest BCUT2D eigenvalue weighted by atomic mass is 32.2. The van der Waals surface area contributed by atoms with E-state index in [-0.39, 0.29) is 17.1 Å². The lowest BCUT2D eigenvalue weighted by Gasteiger charge is -2.19. The number of hydrogen-bond acceptors (Lipinski definition) is 6. The van der Waals surface area contributed by atoms with E-state index in [2.05, 4.69) is 65.8 Å². The predicted molar refractivity (Wildman–Crippen MR) is 153 cm³/mol. The Morgan fingerprint density at radius 2 is 1.65 bits per heavy atom. The Morgan fingerprint density at radius 3 is 2.27 bits per heavy atom. The minimum Gasteiger partial charge on any atom is -0.378 e. The van der Waals surface area contributed by atoms with Crippen LogP contribution in [0.2, 0.25) is 0 Å². The topological polar surface area (TPSA) is 75.4 Å². The van der Waals surface area contributed by atoms with Gasteiger partial charge < -0.3 is 4.90 Å². The van der Waals surface area contributed by atoms with E-state index in [1.165, 1.54) is 17.3 Å². The average Bonchev–Trinajstić information content (AvgIpc) is 3.32. The van der Waals surface area contributed by atoms with Crippen LogP contribution in [0.1, 0.15) is 31.9 Å². The van der Waals surface area contributed by atoms with Gasteiger partial charge in [0.2, 0.25) is 0 Å². The first-order valence-corrected chi connectivity index (χ1v) is 13.0. The molecule has 0 aliphatic heterocycles. The first-order valence-electron chi connectivity index (χ1n) is 12.1. The molecule has 0 bridgehead atoms. The van der Waals surface area contributed by atoms with Gasteiger partial charge in [-0.05, 0) is 40.8 Å². The van der Waals surface area contributed by atoms with Crippen molar-refractivity contribution in [1.29, 1.82) is 0 Å². The summed E-state index contributed by atoms with van der Waals surface area (Å²) in [7, 11) is 3.98. The third-order valence-corrected chi connectivity index (χ3v) is 6.73. The zero-order chi connectivity index (χ0) is 26.4. The lowest BCUT2D eigenvalue weighted by molar-refractivity contribution is -0.118. The van der Waals surface area contributed by atoms with Crippen LogP contribution in [-0.2, 0) is 10.2 Å². The summed E-state index contributed by atoms with van der Waals surface area (Å²) in [6.07, 6.45) is 1.63. The Labute approximate surface area is 222 Å². The number of nitrogens with zero attached hydrogens (tertiary/aromatic N) is 5. The molecular formula is C29H32N6OS. The van der Waals surface area contributed by atoms with E-state index in [9.17, 15) is 4.79 Å². The van der Waals surface area contributed by atoms with Gasteiger partial charge in [-0.1, -0.05) is 87.1 Å². The molecule has 7 nitrogen and oxygen atoms in total. The van der Waals surface area contributed by atoms with Gasteiger partial charge in [-0.2, -0.15) is 5.10 Å². The number of aromatic nitrogens is 3. The van der Waals surface area contributed by atoms with Crippen molar-refractivity contribution in [3.8, 4) is 17.1 Å². The van der Waals surface area contributed by atoms with Gasteiger partial charge >= 0.3 is 0 Å². The van der Waals surface area contributed by atoms with Crippen molar-refractivity contribution in [3.63, 3.8) is 0 Å². The number of thioether (sulfide) groups is 1. The molecule has 8 heteroatoms. The summed E-state index contributed by atoms with van der Waals surface area (Å²) in [5, 5.41) is 13.6. The Bertz CT molecular complexity index is 1350. The number of benzene rings is 3. The zero-order valence-electron chi connectivity index (χ0n) is 21.8. The number of hydrazone groups is 1. The maximum absolute atomic E-state index is 12.5. The maximum atomic E-state index is 12.5. The van der Waals surface area contributed by atoms with E-state index in [4.69, 9.17) is 0 Å². The molecule has 1 N–H and O–H groups in total. The lowest BCUT2D eigenvalue weighted by Crippen LogP contribution is -2.20. The molecule has 190 valence electrons. The van der Waals surface area contributed by atoms with Gasteiger partial charge in [0.25, 0.3) is 5.91 Å². The van der Waals surface area contributed by atoms with Crippen LogP contribution in [0.15, 0.2) is 89.1 Å². The van der Waals surface area contributed by atoms with Crippen LogP contribution in [0.25, 0.3) is 17.1 Å². The monoisotopic (exact) mass is 512 g/mol. The zero-order valence-corrected chi connectivity index (χ0v) is 22.7. The van der Waals surface area contributed by atoms with E-state index < -0.39 is 0 Å². The summed E-state index contributed by atoms with van der Waals surface area (Å²) < 4.78 is 1.99. The number of amides is 1. The fraction of sp³-hybridized carbons (Fsp3) is 0.241. The summed E-state index contributed by atoms with van der Waals surface area (Å²) in [5.41, 5.74) is 7.83. The first kappa shape index (κ1) is 26.2. The standard InChI is InChI=1S/C29H32N6OS/c1-29(2,3)23-15-13-22(14-16-23)27-32-33-28(35(27)25-9-7-6-8-10-25)37-20-26(36)31-30-19-21-11-17-24(18-12-21)34(4)5/h6-19H,20H2,1-5H3,(H,31,36)/b30-19+. The van der Waals surface area contributed by atoms with E-state index in [1.807, 2.05) is 78.2 Å². The van der Waals surface area contributed by atoms with Gasteiger partial charge in [0.05, 0.1) is 12.0 Å². The molecule has 1 amide bonds. The average molecular weight is 513 g/mol. The molecule has 0 aliphatic carbocycles. The van der Waals surface area contributed by atoms with Crippen molar-refractivity contribution >= 4 is 29.6 Å². The maximum Gasteiger partial charge on any atom is 0.250 e. The smallest absolute Gasteiger partial charge is 0.250 e. The normalized spacial score (nSPS) is 11.6. The van der Waals surface area contributed by atoms with E-state index in [0.29, 0.717) is 5.16 Å². The number of rotatable bonds is 8. The highest BCUT2D eigenvalue weighted by Gasteiger charge is 2.19. The van der Waals surface area contributed by atoms with Crippen molar-refractivity contribution in [3.05, 3.63) is 90.0 Å². The van der Waals surface area contributed by atoms with Gasteiger partial charge in [0.15, 0.2) is 11.0 Å². The van der Waals surface area contributed by atoms with E-state index >= 15 is 0 Å². The molecule has 3 aromatic carbocycles. The predicted octanol–water partition coefficient (Wildman–Crippen LogP) is 5.54. The summed E-state index contributed by atoms with van der Waals surface area (Å²) in [6, 6.07) is 26.3. The largest absolute Gasteiger partial charge is 0.378 e. The molecule has 1 aromatic heterocycles. The fourth-order valence-corrected chi connectivity index (χ4v) is 4.42. The van der Waals surface area contributed by atoms with Gasteiger partial charge in [-0.3, -0.25) is 9.36 Å². The van der Waals surface area contributed by atoms with Crippen LogP contribution in [0.4, 0.5) is 5.69 Å². The second-order valence-electron chi connectivity index (χ2n) is 9.87. The number of nitrogens with one attached hydrogen (secondary N) is 1. The van der Waals surface area contributed by atoms with E-state index in [0.717, 1.165) is 28.3 Å². The third-order valence-electron chi connectivity index (χ3n) is 5.80. The molecule has 0 radical (unpaired) electrons. The fourth-order valence-electron chi connectivity index (χ4n) is 3.68. The first-order chi connectivity index (χ1) is 17.7. The van der Waals surface area contributed by atoms with Crippen LogP contribution < -0.4 is 10.3 Å². The number of anilines is 1. The number of carbonyl (C=O) groups is 1. The summed E-state index contributed by atoms with van der Waals surface area (Å²) in [5.74, 6) is 0.670. The van der Waals surface area contributed by atoms with Gasteiger partial charge in [0, 0.05) is 31.0 Å². The van der Waals surface area contributed by atoms with Crippen molar-refractivity contribution < 1.29 is 4.79 Å². The number of hydrogen-bond donors (Lipinski definition) is 1. The Kier molecular flexibility index (Phi) is 8.08. The SMILES string of the molecule is CN(C)c1ccc(/C=N/NC(=O)CSc2nnc(-c3ccc(C(C)(C)C)cc3)n2-c2ccccc2)cc1. The molecule has 4 rings (SSSR count). The van der Waals surface area contributed by atoms with Crippen LogP contribution in [0.3, 0.4) is 0 Å². The summed E-state index contributed by atoms with van der Waals surface area (Å²) >= 11 is 1.32. The highest BCUT2D eigenvalue weighted by Crippen LogP contribution is 2.30. The van der Waals surface area contributed by atoms with Crippen LogP contribution in [-0.4, -0.2) is 46.7 Å². The highest BCUT2D eigenvalue weighted by molar-refractivity contribution is 7.99. The Balaban J connectivity index is 1.48. The lowest BCUT2D eigenvalue weighted by atomic mass is 9.87. The molecule has 0 aliphatic rings. The number of carbonyl (C=O) groups excluding carboxylic acids is 1. The van der Waals surface area contributed by atoms with Crippen molar-refractivity contribution in [2.75, 3.05) is 24.7 Å². The minimum atomic E-state index is -0.218. The Hall–Kier alpha value is -3.91. The summed E-state index contributed by atoms with van der Waals surface area (Å²) in [4.78, 5) is 14.5. The second kappa shape index (κ2) is 11.4. The molecule has 0 fully saturated rings. The molecule has 1 heterocycles. The van der Waals surface area contributed by atoms with E-state index in [1.54, 1.807) is 6.21 Å². The van der Waals surface area contributed by atoms with Gasteiger partial charge in [-0.15, -0.1) is 10.2 Å². The summed E-state index contributed by atoms with van der Waals surface area (Å²) in [6.45, 7) is 6.58. The van der Waals surface area contributed by atoms with Crippen LogP contribution in [0, 0.1) is 0 Å². The molecule has 0 saturated heterocycles. The Morgan fingerprint density at radius 1 is 0.973 bits per heavy atom. The quantitative estimate of drug-likeness (QED) is 0.191. The number of para-hydroxylation sites is 1. The molecule has 37 heavy (non-hydrogen) atoms. The minimum absolute atomic E-state index is 0.0676. The third kappa shape index (κ3) is 6.65. The van der Waals surface area contributed by atoms with Gasteiger partial charge in [0.1, 0.15) is 0 Å². The molecule has 0 spiro atoms. The van der Waals surface area contributed by atoms with Crippen molar-refractivity contribution in [2.45, 2.75) is 31.3 Å². The molecule has 0 unspecified atom stereocenters. The molecule has 0 saturated carbocycles. The van der Waals surface area contributed by atoms with Crippen molar-refractivity contribution in [1.82, 2.24) is 20.2 Å². The molecular weight excluding hydrogens is 480 g/mol. The van der Waals surface area contributed by atoms with Crippen LogP contribution >= 0.6 is 11.8 Å². The van der Waals surface area contributed by atoms with Gasteiger partial charge in [-0.25, -0.2) is 5.43 Å².